The Labute approximate surface area is 75.1 Å². The minimum atomic E-state index is 0.983. The van der Waals surface area contributed by atoms with Crippen LogP contribution in [0.5, 0.6) is 0 Å². The molecule has 1 saturated carbocycles. The van der Waals surface area contributed by atoms with Crippen LogP contribution in [0, 0.1) is 11.8 Å². The van der Waals surface area contributed by atoms with Gasteiger partial charge in [0, 0.05) is 18.6 Å². The molecule has 3 rings (SSSR count). The molecular weight excluding hydrogens is 146 g/mol. The molecule has 3 fully saturated rings. The van der Waals surface area contributed by atoms with Crippen LogP contribution in [-0.4, -0.2) is 23.5 Å². The molecule has 0 aromatic rings. The van der Waals surface area contributed by atoms with Crippen molar-refractivity contribution in [2.24, 2.45) is 11.8 Å². The SMILES string of the molecule is C[C@@H]1C[C@@H]2C[C@@H]3CCC[C@H]3N2C1. The Bertz CT molecular complexity index is 189. The first-order valence-electron chi connectivity index (χ1n) is 5.60. The molecule has 68 valence electrons. The predicted octanol–water partition coefficient (Wildman–Crippen LogP) is 2.27. The maximum Gasteiger partial charge on any atom is 0.0127 e. The molecule has 12 heavy (non-hydrogen) atoms. The molecule has 0 amide bonds. The first-order valence-corrected chi connectivity index (χ1v) is 5.60. The second-order valence-corrected chi connectivity index (χ2v) is 5.19. The maximum absolute atomic E-state index is 2.84. The van der Waals surface area contributed by atoms with Gasteiger partial charge in [0.25, 0.3) is 0 Å². The van der Waals surface area contributed by atoms with Gasteiger partial charge >= 0.3 is 0 Å². The van der Waals surface area contributed by atoms with Gasteiger partial charge in [0.15, 0.2) is 0 Å². The second-order valence-electron chi connectivity index (χ2n) is 5.19. The Kier molecular flexibility index (Phi) is 1.52. The number of hydrogen-bond donors (Lipinski definition) is 0. The molecule has 0 N–H and O–H groups in total. The molecule has 2 heterocycles. The van der Waals surface area contributed by atoms with E-state index < -0.39 is 0 Å². The van der Waals surface area contributed by atoms with Crippen molar-refractivity contribution < 1.29 is 0 Å². The summed E-state index contributed by atoms with van der Waals surface area (Å²) < 4.78 is 0. The van der Waals surface area contributed by atoms with E-state index in [2.05, 4.69) is 11.8 Å². The lowest BCUT2D eigenvalue weighted by atomic mass is 9.97. The summed E-state index contributed by atoms with van der Waals surface area (Å²) in [5.41, 5.74) is 0. The zero-order chi connectivity index (χ0) is 8.13. The van der Waals surface area contributed by atoms with Crippen LogP contribution in [0.4, 0.5) is 0 Å². The number of nitrogens with zero attached hydrogens (tertiary/aromatic N) is 1. The zero-order valence-corrected chi connectivity index (χ0v) is 8.00. The van der Waals surface area contributed by atoms with E-state index in [1.807, 2.05) is 0 Å². The lowest BCUT2D eigenvalue weighted by Crippen LogP contribution is -2.31. The molecule has 3 aliphatic rings. The van der Waals surface area contributed by atoms with Crippen LogP contribution in [0.3, 0.4) is 0 Å². The highest BCUT2D eigenvalue weighted by Crippen LogP contribution is 2.45. The molecule has 1 heteroatoms. The Balaban J connectivity index is 1.80. The van der Waals surface area contributed by atoms with Crippen LogP contribution in [0.15, 0.2) is 0 Å². The molecule has 2 aliphatic heterocycles. The summed E-state index contributed by atoms with van der Waals surface area (Å²) in [6.07, 6.45) is 7.58. The van der Waals surface area contributed by atoms with Crippen molar-refractivity contribution in [3.05, 3.63) is 0 Å². The minimum absolute atomic E-state index is 0.983. The van der Waals surface area contributed by atoms with Crippen LogP contribution in [0.2, 0.25) is 0 Å². The molecule has 0 bridgehead atoms. The predicted molar refractivity (Wildman–Crippen MR) is 50.0 cm³/mol. The molecule has 0 radical (unpaired) electrons. The molecule has 4 atom stereocenters. The Morgan fingerprint density at radius 2 is 2.08 bits per heavy atom. The standard InChI is InChI=1S/C11H19N/c1-8-5-10-6-9-3-2-4-11(9)12(10)7-8/h8-11H,2-7H2,1H3/t8-,9+,10-,11-/m1/s1. The highest BCUT2D eigenvalue weighted by Gasteiger charge is 2.46. The number of hydrogen-bond acceptors (Lipinski definition) is 1. The smallest absolute Gasteiger partial charge is 0.0127 e. The second kappa shape index (κ2) is 2.47. The van der Waals surface area contributed by atoms with Gasteiger partial charge in [-0.2, -0.15) is 0 Å². The molecule has 0 spiro atoms. The third kappa shape index (κ3) is 0.891. The Morgan fingerprint density at radius 3 is 3.00 bits per heavy atom. The van der Waals surface area contributed by atoms with E-state index in [0.29, 0.717) is 0 Å². The molecule has 1 nitrogen and oxygen atoms in total. The summed E-state index contributed by atoms with van der Waals surface area (Å²) in [5.74, 6) is 2.08. The maximum atomic E-state index is 2.84. The van der Waals surface area contributed by atoms with Crippen LogP contribution in [0.25, 0.3) is 0 Å². The van der Waals surface area contributed by atoms with Crippen LogP contribution in [0.1, 0.15) is 39.0 Å². The van der Waals surface area contributed by atoms with Gasteiger partial charge in [-0.3, -0.25) is 4.90 Å². The van der Waals surface area contributed by atoms with Crippen molar-refractivity contribution in [2.45, 2.75) is 51.1 Å². The lowest BCUT2D eigenvalue weighted by molar-refractivity contribution is 0.230. The van der Waals surface area contributed by atoms with E-state index in [1.165, 1.54) is 38.6 Å². The van der Waals surface area contributed by atoms with Crippen LogP contribution >= 0.6 is 0 Å². The van der Waals surface area contributed by atoms with E-state index >= 15 is 0 Å². The van der Waals surface area contributed by atoms with Gasteiger partial charge in [-0.15, -0.1) is 0 Å². The lowest BCUT2D eigenvalue weighted by Gasteiger charge is -2.22. The van der Waals surface area contributed by atoms with Gasteiger partial charge in [-0.05, 0) is 37.5 Å². The van der Waals surface area contributed by atoms with E-state index in [4.69, 9.17) is 0 Å². The molecule has 0 unspecified atom stereocenters. The van der Waals surface area contributed by atoms with Crippen LogP contribution in [-0.2, 0) is 0 Å². The molecule has 0 aromatic heterocycles. The van der Waals surface area contributed by atoms with Crippen molar-refractivity contribution in [1.82, 2.24) is 4.90 Å². The number of rotatable bonds is 0. The molecule has 0 aromatic carbocycles. The summed E-state index contributed by atoms with van der Waals surface area (Å²) in [6, 6.07) is 2.01. The molecule has 2 saturated heterocycles. The number of fused-ring (bicyclic) bond motifs is 3. The van der Waals surface area contributed by atoms with Gasteiger partial charge in [-0.25, -0.2) is 0 Å². The summed E-state index contributed by atoms with van der Waals surface area (Å²) in [7, 11) is 0. The summed E-state index contributed by atoms with van der Waals surface area (Å²) >= 11 is 0. The summed E-state index contributed by atoms with van der Waals surface area (Å²) in [5, 5.41) is 0. The van der Waals surface area contributed by atoms with Gasteiger partial charge < -0.3 is 0 Å². The topological polar surface area (TPSA) is 3.24 Å². The fraction of sp³-hybridized carbons (Fsp3) is 1.00. The highest BCUT2D eigenvalue weighted by atomic mass is 15.2. The van der Waals surface area contributed by atoms with Crippen molar-refractivity contribution >= 4 is 0 Å². The normalized spacial score (nSPS) is 52.8. The first-order chi connectivity index (χ1) is 5.84. The fourth-order valence-corrected chi connectivity index (χ4v) is 3.90. The summed E-state index contributed by atoms with van der Waals surface area (Å²) in [6.45, 7) is 3.83. The van der Waals surface area contributed by atoms with E-state index in [0.717, 1.165) is 23.9 Å². The Hall–Kier alpha value is -0.0400. The first kappa shape index (κ1) is 7.37. The van der Waals surface area contributed by atoms with E-state index in [1.54, 1.807) is 0 Å². The quantitative estimate of drug-likeness (QED) is 0.532. The highest BCUT2D eigenvalue weighted by molar-refractivity contribution is 5.01. The molecular formula is C11H19N. The summed E-state index contributed by atoms with van der Waals surface area (Å²) in [4.78, 5) is 2.84. The van der Waals surface area contributed by atoms with Crippen molar-refractivity contribution in [2.75, 3.05) is 6.54 Å². The van der Waals surface area contributed by atoms with Gasteiger partial charge in [-0.1, -0.05) is 13.3 Å². The zero-order valence-electron chi connectivity index (χ0n) is 8.00. The average Bonchev–Trinajstić information content (AvgIpc) is 2.59. The van der Waals surface area contributed by atoms with Gasteiger partial charge in [0.05, 0.1) is 0 Å². The van der Waals surface area contributed by atoms with Crippen molar-refractivity contribution in [3.63, 3.8) is 0 Å². The van der Waals surface area contributed by atoms with Crippen LogP contribution < -0.4 is 0 Å². The van der Waals surface area contributed by atoms with Crippen molar-refractivity contribution in [3.8, 4) is 0 Å². The Morgan fingerprint density at radius 1 is 1.17 bits per heavy atom. The van der Waals surface area contributed by atoms with Gasteiger partial charge in [0.1, 0.15) is 0 Å². The molecule has 1 aliphatic carbocycles. The third-order valence-electron chi connectivity index (χ3n) is 4.29. The van der Waals surface area contributed by atoms with E-state index in [9.17, 15) is 0 Å². The van der Waals surface area contributed by atoms with Crippen molar-refractivity contribution in [1.29, 1.82) is 0 Å². The third-order valence-corrected chi connectivity index (χ3v) is 4.29. The van der Waals surface area contributed by atoms with Gasteiger partial charge in [0.2, 0.25) is 0 Å². The van der Waals surface area contributed by atoms with E-state index in [-0.39, 0.29) is 0 Å². The monoisotopic (exact) mass is 165 g/mol. The largest absolute Gasteiger partial charge is 0.297 e. The minimum Gasteiger partial charge on any atom is -0.297 e. The average molecular weight is 165 g/mol. The fourth-order valence-electron chi connectivity index (χ4n) is 3.90.